The number of urea groups is 1. The fourth-order valence-corrected chi connectivity index (χ4v) is 3.64. The Kier molecular flexibility index (Phi) is 4.92. The van der Waals surface area contributed by atoms with Gasteiger partial charge in [0.15, 0.2) is 0 Å². The van der Waals surface area contributed by atoms with Crippen LogP contribution in [-0.4, -0.2) is 12.6 Å². The van der Waals surface area contributed by atoms with E-state index in [0.717, 1.165) is 10.6 Å². The summed E-state index contributed by atoms with van der Waals surface area (Å²) in [6, 6.07) is 11.7. The largest absolute Gasteiger partial charge is 0.469 e. The number of thiophene rings is 2. The average molecular weight is 332 g/mol. The van der Waals surface area contributed by atoms with Crippen molar-refractivity contribution < 1.29 is 9.21 Å². The van der Waals surface area contributed by atoms with Gasteiger partial charge >= 0.3 is 6.03 Å². The van der Waals surface area contributed by atoms with E-state index in [4.69, 9.17) is 4.42 Å². The van der Waals surface area contributed by atoms with Gasteiger partial charge in [-0.25, -0.2) is 4.79 Å². The van der Waals surface area contributed by atoms with Gasteiger partial charge in [-0.3, -0.25) is 0 Å². The minimum absolute atomic E-state index is 0.0440. The molecule has 3 rings (SSSR count). The van der Waals surface area contributed by atoms with Crippen LogP contribution in [0.3, 0.4) is 0 Å². The molecule has 0 bridgehead atoms. The molecule has 0 unspecified atom stereocenters. The second-order valence-electron chi connectivity index (χ2n) is 4.73. The molecule has 2 N–H and O–H groups in total. The van der Waals surface area contributed by atoms with Crippen LogP contribution in [0.4, 0.5) is 4.79 Å². The molecule has 6 heteroatoms. The molecule has 0 aromatic carbocycles. The summed E-state index contributed by atoms with van der Waals surface area (Å²) >= 11 is 3.29. The van der Waals surface area contributed by atoms with E-state index in [1.807, 2.05) is 41.1 Å². The third-order valence-corrected chi connectivity index (χ3v) is 5.11. The summed E-state index contributed by atoms with van der Waals surface area (Å²) in [4.78, 5) is 14.2. The fraction of sp³-hybridized carbons (Fsp3) is 0.188. The van der Waals surface area contributed by atoms with Crippen LogP contribution in [0.15, 0.2) is 57.8 Å². The maximum Gasteiger partial charge on any atom is 0.315 e. The van der Waals surface area contributed by atoms with Crippen molar-refractivity contribution in [3.8, 4) is 0 Å². The quantitative estimate of drug-likeness (QED) is 0.716. The van der Waals surface area contributed by atoms with Gasteiger partial charge in [-0.1, -0.05) is 12.1 Å². The first-order chi connectivity index (χ1) is 10.8. The van der Waals surface area contributed by atoms with Crippen molar-refractivity contribution in [3.05, 3.63) is 68.9 Å². The Hall–Kier alpha value is -2.05. The SMILES string of the molecule is O=C(NCc1cccs1)NC[C@H](c1ccco1)c1cccs1. The van der Waals surface area contributed by atoms with Crippen molar-refractivity contribution in [3.63, 3.8) is 0 Å². The van der Waals surface area contributed by atoms with Gasteiger partial charge in [0.05, 0.1) is 18.7 Å². The van der Waals surface area contributed by atoms with E-state index < -0.39 is 0 Å². The van der Waals surface area contributed by atoms with Crippen molar-refractivity contribution in [2.24, 2.45) is 0 Å². The summed E-state index contributed by atoms with van der Waals surface area (Å²) < 4.78 is 5.51. The fourth-order valence-electron chi connectivity index (χ4n) is 2.16. The Balaban J connectivity index is 1.56. The highest BCUT2D eigenvalue weighted by Gasteiger charge is 2.18. The molecular formula is C16H16N2O2S2. The minimum atomic E-state index is -0.165. The Morgan fingerprint density at radius 2 is 1.95 bits per heavy atom. The Morgan fingerprint density at radius 3 is 2.64 bits per heavy atom. The van der Waals surface area contributed by atoms with E-state index in [9.17, 15) is 4.79 Å². The standard InChI is InChI=1S/C16H16N2O2S2/c19-16(17-10-12-4-2-8-21-12)18-11-13(14-5-1-7-20-14)15-6-3-9-22-15/h1-9,13H,10-11H2,(H2,17,18,19)/t13-/m1/s1. The van der Waals surface area contributed by atoms with Gasteiger partial charge in [-0.2, -0.15) is 0 Å². The van der Waals surface area contributed by atoms with Gasteiger partial charge in [0.2, 0.25) is 0 Å². The lowest BCUT2D eigenvalue weighted by atomic mass is 10.1. The lowest BCUT2D eigenvalue weighted by molar-refractivity contribution is 0.240. The zero-order valence-electron chi connectivity index (χ0n) is 11.8. The topological polar surface area (TPSA) is 54.3 Å². The van der Waals surface area contributed by atoms with E-state index in [0.29, 0.717) is 13.1 Å². The number of carbonyl (C=O) groups excluding carboxylic acids is 1. The number of furan rings is 1. The highest BCUT2D eigenvalue weighted by Crippen LogP contribution is 2.28. The molecule has 1 atom stereocenters. The number of hydrogen-bond donors (Lipinski definition) is 2. The number of amides is 2. The first-order valence-electron chi connectivity index (χ1n) is 6.94. The van der Waals surface area contributed by atoms with Crippen LogP contribution < -0.4 is 10.6 Å². The van der Waals surface area contributed by atoms with Crippen LogP contribution in [0.2, 0.25) is 0 Å². The number of carbonyl (C=O) groups is 1. The minimum Gasteiger partial charge on any atom is -0.469 e. The molecule has 3 aromatic heterocycles. The molecule has 3 heterocycles. The summed E-state index contributed by atoms with van der Waals surface area (Å²) in [7, 11) is 0. The molecular weight excluding hydrogens is 316 g/mol. The van der Waals surface area contributed by atoms with Gasteiger partial charge in [0.1, 0.15) is 5.76 Å². The van der Waals surface area contributed by atoms with Crippen molar-refractivity contribution in [1.82, 2.24) is 10.6 Å². The normalized spacial score (nSPS) is 12.0. The van der Waals surface area contributed by atoms with E-state index in [1.54, 1.807) is 28.9 Å². The zero-order valence-corrected chi connectivity index (χ0v) is 13.5. The summed E-state index contributed by atoms with van der Waals surface area (Å²) in [6.45, 7) is 1.05. The summed E-state index contributed by atoms with van der Waals surface area (Å²) in [6.07, 6.45) is 1.66. The molecule has 0 spiro atoms. The molecule has 22 heavy (non-hydrogen) atoms. The van der Waals surface area contributed by atoms with E-state index in [2.05, 4.69) is 16.7 Å². The van der Waals surface area contributed by atoms with Crippen LogP contribution >= 0.6 is 22.7 Å². The molecule has 114 valence electrons. The maximum atomic E-state index is 11.9. The van der Waals surface area contributed by atoms with Crippen molar-refractivity contribution in [2.75, 3.05) is 6.54 Å². The lowest BCUT2D eigenvalue weighted by Gasteiger charge is -2.14. The van der Waals surface area contributed by atoms with Gasteiger partial charge < -0.3 is 15.1 Å². The van der Waals surface area contributed by atoms with Crippen LogP contribution in [0.25, 0.3) is 0 Å². The van der Waals surface area contributed by atoms with E-state index in [1.165, 1.54) is 4.88 Å². The first kappa shape index (κ1) is 14.9. The first-order valence-corrected chi connectivity index (χ1v) is 8.70. The van der Waals surface area contributed by atoms with Gasteiger partial charge in [0, 0.05) is 16.3 Å². The summed E-state index contributed by atoms with van der Waals surface area (Å²) in [5.41, 5.74) is 0. The van der Waals surface area contributed by atoms with E-state index >= 15 is 0 Å². The number of nitrogens with one attached hydrogen (secondary N) is 2. The second kappa shape index (κ2) is 7.29. The predicted octanol–water partition coefficient (Wildman–Crippen LogP) is 4.03. The van der Waals surface area contributed by atoms with Crippen molar-refractivity contribution in [2.45, 2.75) is 12.5 Å². The molecule has 4 nitrogen and oxygen atoms in total. The molecule has 0 fully saturated rings. The second-order valence-corrected chi connectivity index (χ2v) is 6.74. The number of rotatable bonds is 6. The highest BCUT2D eigenvalue weighted by atomic mass is 32.1. The van der Waals surface area contributed by atoms with Gasteiger partial charge in [-0.05, 0) is 35.0 Å². The van der Waals surface area contributed by atoms with Crippen molar-refractivity contribution in [1.29, 1.82) is 0 Å². The van der Waals surface area contributed by atoms with Crippen LogP contribution in [-0.2, 0) is 6.54 Å². The third-order valence-electron chi connectivity index (χ3n) is 3.24. The van der Waals surface area contributed by atoms with Crippen LogP contribution in [0.5, 0.6) is 0 Å². The van der Waals surface area contributed by atoms with Crippen LogP contribution in [0.1, 0.15) is 21.4 Å². The van der Waals surface area contributed by atoms with Crippen molar-refractivity contribution >= 4 is 28.7 Å². The zero-order chi connectivity index (χ0) is 15.2. The Morgan fingerprint density at radius 1 is 1.09 bits per heavy atom. The number of hydrogen-bond acceptors (Lipinski definition) is 4. The maximum absolute atomic E-state index is 11.9. The highest BCUT2D eigenvalue weighted by molar-refractivity contribution is 7.10. The molecule has 0 aliphatic heterocycles. The molecule has 0 aliphatic rings. The Labute approximate surface area is 136 Å². The molecule has 0 aliphatic carbocycles. The smallest absolute Gasteiger partial charge is 0.315 e. The third kappa shape index (κ3) is 3.78. The Bertz CT molecular complexity index is 642. The monoisotopic (exact) mass is 332 g/mol. The summed E-state index contributed by atoms with van der Waals surface area (Å²) in [5.74, 6) is 0.906. The van der Waals surface area contributed by atoms with E-state index in [-0.39, 0.29) is 11.9 Å². The average Bonchev–Trinajstić information content (AvgIpc) is 3.27. The molecule has 0 radical (unpaired) electrons. The predicted molar refractivity (Wildman–Crippen MR) is 89.4 cm³/mol. The molecule has 0 saturated heterocycles. The molecule has 3 aromatic rings. The molecule has 0 saturated carbocycles. The lowest BCUT2D eigenvalue weighted by Crippen LogP contribution is -2.37. The van der Waals surface area contributed by atoms with Crippen LogP contribution in [0, 0.1) is 0 Å². The molecule has 2 amide bonds. The van der Waals surface area contributed by atoms with Gasteiger partial charge in [0.25, 0.3) is 0 Å². The summed E-state index contributed by atoms with van der Waals surface area (Å²) in [5, 5.41) is 9.82. The van der Waals surface area contributed by atoms with Gasteiger partial charge in [-0.15, -0.1) is 22.7 Å².